The Bertz CT molecular complexity index is 361. The van der Waals surface area contributed by atoms with Gasteiger partial charge in [-0.3, -0.25) is 4.79 Å². The maximum Gasteiger partial charge on any atom is 0.150 e. The summed E-state index contributed by atoms with van der Waals surface area (Å²) in [7, 11) is 1.87. The Balaban J connectivity index is 2.78. The smallest absolute Gasteiger partial charge is 0.150 e. The van der Waals surface area contributed by atoms with E-state index in [-0.39, 0.29) is 5.82 Å². The van der Waals surface area contributed by atoms with Crippen molar-refractivity contribution in [1.82, 2.24) is 5.32 Å². The second-order valence-electron chi connectivity index (χ2n) is 3.19. The number of halogens is 1. The third-order valence-electron chi connectivity index (χ3n) is 2.03. The highest BCUT2D eigenvalue weighted by Crippen LogP contribution is 2.11. The minimum atomic E-state index is -0.325. The lowest BCUT2D eigenvalue weighted by molar-refractivity contribution is 0.112. The summed E-state index contributed by atoms with van der Waals surface area (Å²) in [5.41, 5.74) is 1.14. The number of nitrogens with one attached hydrogen (secondary N) is 1. The molecular formula is C12H14FNO. The molecular weight excluding hydrogens is 193 g/mol. The van der Waals surface area contributed by atoms with E-state index < -0.39 is 0 Å². The Labute approximate surface area is 88.8 Å². The van der Waals surface area contributed by atoms with Gasteiger partial charge in [-0.15, -0.1) is 0 Å². The fraction of sp³-hybridized carbons (Fsp3) is 0.250. The monoisotopic (exact) mass is 207 g/mol. The maximum absolute atomic E-state index is 12.9. The van der Waals surface area contributed by atoms with Crippen LogP contribution in [0, 0.1) is 5.82 Å². The average Bonchev–Trinajstić information content (AvgIpc) is 2.25. The topological polar surface area (TPSA) is 29.1 Å². The van der Waals surface area contributed by atoms with E-state index in [4.69, 9.17) is 0 Å². The SMILES string of the molecule is CNCCC=Cc1cc(F)ccc1C=O. The third kappa shape index (κ3) is 3.64. The van der Waals surface area contributed by atoms with Crippen LogP contribution in [-0.2, 0) is 0 Å². The number of benzene rings is 1. The van der Waals surface area contributed by atoms with Gasteiger partial charge in [0.05, 0.1) is 0 Å². The summed E-state index contributed by atoms with van der Waals surface area (Å²) in [5, 5.41) is 3.00. The van der Waals surface area contributed by atoms with Crippen molar-refractivity contribution in [2.75, 3.05) is 13.6 Å². The highest BCUT2D eigenvalue weighted by atomic mass is 19.1. The van der Waals surface area contributed by atoms with Gasteiger partial charge in [0.1, 0.15) is 5.82 Å². The van der Waals surface area contributed by atoms with Gasteiger partial charge in [-0.05, 0) is 43.8 Å². The Morgan fingerprint density at radius 1 is 1.40 bits per heavy atom. The van der Waals surface area contributed by atoms with E-state index in [2.05, 4.69) is 5.32 Å². The summed E-state index contributed by atoms with van der Waals surface area (Å²) < 4.78 is 12.9. The summed E-state index contributed by atoms with van der Waals surface area (Å²) >= 11 is 0. The summed E-state index contributed by atoms with van der Waals surface area (Å²) in [4.78, 5) is 10.7. The van der Waals surface area contributed by atoms with Crippen molar-refractivity contribution in [3.05, 3.63) is 41.2 Å². The van der Waals surface area contributed by atoms with Gasteiger partial charge in [-0.1, -0.05) is 12.2 Å². The molecule has 0 aromatic heterocycles. The largest absolute Gasteiger partial charge is 0.319 e. The molecule has 2 nitrogen and oxygen atoms in total. The molecule has 0 radical (unpaired) electrons. The molecule has 0 amide bonds. The van der Waals surface area contributed by atoms with Crippen LogP contribution in [0.3, 0.4) is 0 Å². The van der Waals surface area contributed by atoms with Crippen molar-refractivity contribution in [3.8, 4) is 0 Å². The van der Waals surface area contributed by atoms with Gasteiger partial charge < -0.3 is 5.32 Å². The lowest BCUT2D eigenvalue weighted by atomic mass is 10.1. The van der Waals surface area contributed by atoms with Crippen LogP contribution in [0.15, 0.2) is 24.3 Å². The number of carbonyl (C=O) groups is 1. The Morgan fingerprint density at radius 2 is 2.20 bits per heavy atom. The molecule has 0 fully saturated rings. The number of carbonyl (C=O) groups excluding carboxylic acids is 1. The highest BCUT2D eigenvalue weighted by Gasteiger charge is 1.99. The molecule has 0 aliphatic heterocycles. The van der Waals surface area contributed by atoms with Crippen molar-refractivity contribution >= 4 is 12.4 Å². The first-order chi connectivity index (χ1) is 7.27. The molecule has 3 heteroatoms. The van der Waals surface area contributed by atoms with Crippen molar-refractivity contribution in [3.63, 3.8) is 0 Å². The molecule has 0 atom stereocenters. The van der Waals surface area contributed by atoms with Crippen molar-refractivity contribution in [2.24, 2.45) is 0 Å². The van der Waals surface area contributed by atoms with E-state index in [9.17, 15) is 9.18 Å². The average molecular weight is 207 g/mol. The number of rotatable bonds is 5. The Kier molecular flexibility index (Phi) is 4.71. The van der Waals surface area contributed by atoms with E-state index >= 15 is 0 Å². The minimum Gasteiger partial charge on any atom is -0.319 e. The zero-order valence-corrected chi connectivity index (χ0v) is 8.66. The van der Waals surface area contributed by atoms with E-state index in [1.165, 1.54) is 18.2 Å². The second kappa shape index (κ2) is 6.09. The molecule has 0 aliphatic carbocycles. The Hall–Kier alpha value is -1.48. The molecule has 0 heterocycles. The highest BCUT2D eigenvalue weighted by molar-refractivity contribution is 5.81. The van der Waals surface area contributed by atoms with Crippen LogP contribution in [-0.4, -0.2) is 19.9 Å². The van der Waals surface area contributed by atoms with Crippen LogP contribution in [0.4, 0.5) is 4.39 Å². The molecule has 1 N–H and O–H groups in total. The van der Waals surface area contributed by atoms with E-state index in [1.54, 1.807) is 6.08 Å². The van der Waals surface area contributed by atoms with Crippen LogP contribution in [0.5, 0.6) is 0 Å². The lowest BCUT2D eigenvalue weighted by Crippen LogP contribution is -2.05. The summed E-state index contributed by atoms with van der Waals surface area (Å²) in [6.45, 7) is 0.863. The molecule has 1 aromatic rings. The maximum atomic E-state index is 12.9. The fourth-order valence-electron chi connectivity index (χ4n) is 1.24. The zero-order valence-electron chi connectivity index (χ0n) is 8.66. The fourth-order valence-corrected chi connectivity index (χ4v) is 1.24. The first kappa shape index (κ1) is 11.6. The van der Waals surface area contributed by atoms with Gasteiger partial charge in [0.25, 0.3) is 0 Å². The summed E-state index contributed by atoms with van der Waals surface area (Å²) in [5.74, 6) is -0.325. The first-order valence-electron chi connectivity index (χ1n) is 4.84. The first-order valence-corrected chi connectivity index (χ1v) is 4.84. The number of hydrogen-bond acceptors (Lipinski definition) is 2. The van der Waals surface area contributed by atoms with Gasteiger partial charge >= 0.3 is 0 Å². The van der Waals surface area contributed by atoms with Crippen LogP contribution in [0.2, 0.25) is 0 Å². The van der Waals surface area contributed by atoms with E-state index in [0.29, 0.717) is 11.1 Å². The Morgan fingerprint density at radius 3 is 2.87 bits per heavy atom. The molecule has 80 valence electrons. The lowest BCUT2D eigenvalue weighted by Gasteiger charge is -1.99. The van der Waals surface area contributed by atoms with Gasteiger partial charge in [-0.25, -0.2) is 4.39 Å². The molecule has 1 rings (SSSR count). The minimum absolute atomic E-state index is 0.325. The summed E-state index contributed by atoms with van der Waals surface area (Å²) in [6.07, 6.45) is 5.27. The van der Waals surface area contributed by atoms with Crippen LogP contribution in [0.1, 0.15) is 22.3 Å². The molecule has 0 unspecified atom stereocenters. The number of hydrogen-bond donors (Lipinski definition) is 1. The van der Waals surface area contributed by atoms with Crippen LogP contribution in [0.25, 0.3) is 6.08 Å². The standard InChI is InChI=1S/C12H14FNO/c1-14-7-3-2-4-10-8-12(13)6-5-11(10)9-15/h2,4-6,8-9,14H,3,7H2,1H3. The van der Waals surface area contributed by atoms with Crippen LogP contribution < -0.4 is 5.32 Å². The van der Waals surface area contributed by atoms with Gasteiger partial charge in [0, 0.05) is 5.56 Å². The molecule has 15 heavy (non-hydrogen) atoms. The quantitative estimate of drug-likeness (QED) is 0.592. The van der Waals surface area contributed by atoms with Gasteiger partial charge in [0.15, 0.2) is 6.29 Å². The predicted octanol–water partition coefficient (Wildman–Crippen LogP) is 2.26. The van der Waals surface area contributed by atoms with E-state index in [1.807, 2.05) is 13.1 Å². The predicted molar refractivity (Wildman–Crippen MR) is 59.4 cm³/mol. The molecule has 0 saturated heterocycles. The van der Waals surface area contributed by atoms with Crippen LogP contribution >= 0.6 is 0 Å². The zero-order chi connectivity index (χ0) is 11.1. The number of aldehydes is 1. The molecule has 1 aromatic carbocycles. The second-order valence-corrected chi connectivity index (χ2v) is 3.19. The molecule has 0 aliphatic rings. The molecule has 0 saturated carbocycles. The molecule has 0 bridgehead atoms. The van der Waals surface area contributed by atoms with Crippen molar-refractivity contribution in [1.29, 1.82) is 0 Å². The van der Waals surface area contributed by atoms with Gasteiger partial charge in [-0.2, -0.15) is 0 Å². The third-order valence-corrected chi connectivity index (χ3v) is 2.03. The van der Waals surface area contributed by atoms with Crippen molar-refractivity contribution in [2.45, 2.75) is 6.42 Å². The van der Waals surface area contributed by atoms with Crippen molar-refractivity contribution < 1.29 is 9.18 Å². The van der Waals surface area contributed by atoms with Gasteiger partial charge in [0.2, 0.25) is 0 Å². The molecule has 0 spiro atoms. The van der Waals surface area contributed by atoms with E-state index in [0.717, 1.165) is 19.3 Å². The summed E-state index contributed by atoms with van der Waals surface area (Å²) in [6, 6.07) is 4.13. The normalized spacial score (nSPS) is 10.8.